The molecule has 0 radical (unpaired) electrons. The van der Waals surface area contributed by atoms with Gasteiger partial charge in [0, 0.05) is 71.3 Å². The Morgan fingerprint density at radius 1 is 0.410 bits per heavy atom. The molecule has 0 saturated heterocycles. The van der Waals surface area contributed by atoms with Crippen molar-refractivity contribution < 1.29 is 73.1 Å². The van der Waals surface area contributed by atoms with Crippen LogP contribution < -0.4 is 22.2 Å². The van der Waals surface area contributed by atoms with E-state index < -0.39 is 0 Å². The van der Waals surface area contributed by atoms with Gasteiger partial charge in [-0.15, -0.1) is 0 Å². The first-order valence-electron chi connectivity index (χ1n) is 37.3. The number of nitrogens with one attached hydrogen (secondary N) is 4. The fourth-order valence-electron chi connectivity index (χ4n) is 16.0. The van der Waals surface area contributed by atoms with Gasteiger partial charge in [-0.25, -0.2) is 14.0 Å². The predicted octanol–water partition coefficient (Wildman–Crippen LogP) is 22.9. The van der Waals surface area contributed by atoms with E-state index in [1.807, 2.05) is 34.0 Å². The maximum atomic E-state index is 12.7. The Morgan fingerprint density at radius 3 is 1.07 bits per heavy atom. The first-order valence-corrected chi connectivity index (χ1v) is 37.3. The number of rotatable bonds is 13. The number of ketones is 1. The third kappa shape index (κ3) is 38.9. The molecule has 4 N–H and O–H groups in total. The van der Waals surface area contributed by atoms with E-state index in [1.54, 1.807) is 18.2 Å². The SMILES string of the molecule is C1CCCC1.C1CCCC1.C1CCCC1.C1CCCC1.CC(C)(C)c1cc(=O)n(C(C2CCCCC2)C2CCCC2)[nH]1.CCC(C1CCCC1)n1[nH]c(C)cc1=O.CCc1cc(=O)n(C(C)C2CCCC2)[nH]1.Cc1cc(=O)n(CCC(=O)C2CCCC2)[nH]1.[CH3-].[CH3-].[CH3-].[CH3-].[CH3-].[CH3-].[CH3-].[CH3-].[Fe+2].[Fe+2].[Fe+2].[Fe+2]. The van der Waals surface area contributed by atoms with E-state index in [9.17, 15) is 24.0 Å². The maximum Gasteiger partial charge on any atom is 2.00 e. The number of aromatic amines is 4. The summed E-state index contributed by atoms with van der Waals surface area (Å²) in [6.07, 6.45) is 59.2. The van der Waals surface area contributed by atoms with Gasteiger partial charge in [-0.05, 0) is 121 Å². The molecule has 0 aliphatic heterocycles. The Labute approximate surface area is 658 Å². The first-order chi connectivity index (χ1) is 42.6. The van der Waals surface area contributed by atoms with E-state index in [0.717, 1.165) is 48.5 Å². The van der Waals surface area contributed by atoms with Crippen LogP contribution in [0, 0.1) is 103 Å². The van der Waals surface area contributed by atoms with Gasteiger partial charge in [0.15, 0.2) is 0 Å². The molecule has 13 nitrogen and oxygen atoms in total. The first kappa shape index (κ1) is 111. The second kappa shape index (κ2) is 61.9. The molecule has 4 aromatic heterocycles. The van der Waals surface area contributed by atoms with Crippen molar-refractivity contribution in [2.24, 2.45) is 29.6 Å². The van der Waals surface area contributed by atoms with E-state index in [2.05, 4.69) is 61.9 Å². The molecule has 9 saturated carbocycles. The summed E-state index contributed by atoms with van der Waals surface area (Å²) in [5.41, 5.74) is 4.36. The monoisotopic (exact) mass is 1570 g/mol. The fourth-order valence-corrected chi connectivity index (χ4v) is 16.0. The Bertz CT molecular complexity index is 2660. The van der Waals surface area contributed by atoms with Gasteiger partial charge in [-0.3, -0.25) is 49.0 Å². The molecule has 100 heavy (non-hydrogen) atoms. The van der Waals surface area contributed by atoms with Crippen LogP contribution in [0.15, 0.2) is 43.4 Å². The molecule has 4 aromatic rings. The van der Waals surface area contributed by atoms with Gasteiger partial charge < -0.3 is 59.4 Å². The van der Waals surface area contributed by atoms with E-state index in [0.29, 0.717) is 60.5 Å². The molecule has 0 aromatic carbocycles. The van der Waals surface area contributed by atoms with Crippen molar-refractivity contribution in [2.45, 2.75) is 368 Å². The number of hydrogen-bond donors (Lipinski definition) is 4. The van der Waals surface area contributed by atoms with Crippen LogP contribution in [0.3, 0.4) is 0 Å². The number of nitrogens with zero attached hydrogens (tertiary/aromatic N) is 4. The molecule has 9 fully saturated rings. The second-order valence-electron chi connectivity index (χ2n) is 29.6. The minimum absolute atomic E-state index is 0. The molecule has 3 atom stereocenters. The summed E-state index contributed by atoms with van der Waals surface area (Å²) in [7, 11) is 0. The van der Waals surface area contributed by atoms with Crippen LogP contribution >= 0.6 is 0 Å². The normalized spacial score (nSPS) is 18.4. The van der Waals surface area contributed by atoms with E-state index in [-0.39, 0.29) is 161 Å². The van der Waals surface area contributed by atoms with Crippen molar-refractivity contribution in [1.82, 2.24) is 39.1 Å². The van der Waals surface area contributed by atoms with Crippen LogP contribution in [0.2, 0.25) is 0 Å². The molecule has 17 heteroatoms. The number of Topliss-reactive ketones (excluding diaryl/α,β-unsaturated/α-hetero) is 1. The van der Waals surface area contributed by atoms with Gasteiger partial charge in [-0.1, -0.05) is 234 Å². The summed E-state index contributed by atoms with van der Waals surface area (Å²) in [6, 6.07) is 7.94. The van der Waals surface area contributed by atoms with E-state index >= 15 is 0 Å². The number of carbonyl (C=O) groups is 1. The van der Waals surface area contributed by atoms with Crippen LogP contribution in [0.4, 0.5) is 0 Å². The average Bonchev–Trinajstić information content (AvgIpc) is 1.68. The van der Waals surface area contributed by atoms with Crippen molar-refractivity contribution >= 4 is 5.78 Å². The molecule has 9 aliphatic rings. The quantitative estimate of drug-likeness (QED) is 0.0771. The Kier molecular flexibility index (Phi) is 68.8. The molecular formula is C83H154Fe4N8O5. The van der Waals surface area contributed by atoms with Crippen molar-refractivity contribution in [3.63, 3.8) is 0 Å². The predicted molar refractivity (Wildman–Crippen MR) is 419 cm³/mol. The maximum absolute atomic E-state index is 12.7. The van der Waals surface area contributed by atoms with Gasteiger partial charge in [0.25, 0.3) is 22.2 Å². The molecule has 9 aliphatic carbocycles. The zero-order valence-corrected chi connectivity index (χ0v) is 71.4. The van der Waals surface area contributed by atoms with Crippen molar-refractivity contribution in [3.8, 4) is 0 Å². The number of carbonyl (C=O) groups excluding carboxylic acids is 1. The van der Waals surface area contributed by atoms with Crippen molar-refractivity contribution in [2.75, 3.05) is 0 Å². The van der Waals surface area contributed by atoms with Crippen molar-refractivity contribution in [1.29, 1.82) is 0 Å². The second-order valence-corrected chi connectivity index (χ2v) is 29.6. The number of hydrogen-bond acceptors (Lipinski definition) is 5. The summed E-state index contributed by atoms with van der Waals surface area (Å²) >= 11 is 0. The van der Waals surface area contributed by atoms with Gasteiger partial charge in [-0.2, -0.15) is 0 Å². The number of aromatic nitrogens is 8. The largest absolute Gasteiger partial charge is 2.00 e. The van der Waals surface area contributed by atoms with Crippen LogP contribution in [0.5, 0.6) is 0 Å². The molecule has 0 spiro atoms. The molecule has 4 heterocycles. The minimum atomic E-state index is -0.0447. The summed E-state index contributed by atoms with van der Waals surface area (Å²) in [6.45, 7) is 17.2. The zero-order valence-electron chi connectivity index (χ0n) is 67.0. The van der Waals surface area contributed by atoms with Crippen LogP contribution in [-0.4, -0.2) is 44.9 Å². The minimum Gasteiger partial charge on any atom is -0.358 e. The van der Waals surface area contributed by atoms with Gasteiger partial charge >= 0.3 is 68.3 Å². The Morgan fingerprint density at radius 2 is 0.740 bits per heavy atom. The Balaban J connectivity index is -0.000000204. The molecular weight excluding hydrogens is 1410 g/mol. The van der Waals surface area contributed by atoms with Crippen LogP contribution in [0.1, 0.15) is 359 Å². The smallest absolute Gasteiger partial charge is 0.358 e. The van der Waals surface area contributed by atoms with Crippen LogP contribution in [-0.2, 0) is 91.4 Å². The standard InChI is InChI=1S/C19H32N2O.C12H18N2O2.2C12H20N2O.4C5H10.8CH3.4Fe/c1-19(2,3)16-13-17(22)21(20-16)18(15-11-7-8-12-15)14-9-5-4-6-10-14;1-9-8-12(16)14(13-9)7-6-11(15)10-4-2-3-5-10;1-3-11-8-12(15)14(13-11)9(2)10-6-4-5-7-10;1-3-11(10-6-4-5-7-10)14-12(15)8-9(2)13-14;4*1-2-4-5-3-1;;;;;;;;;;;;/h13-15,18,20H,4-12H2,1-3H3;8,10,13H,2-7H2,1H3;8-10,13H,3-7H2,1-2H3;8,10-11,13H,3-7H2,1-2H3;4*1-5H2;8*1H3;;;;/q;;;;;;;;8*-1;4*+2. The topological polar surface area (TPSA) is 168 Å². The fraction of sp³-hybridized carbons (Fsp3) is 0.747. The molecule has 3 unspecified atom stereocenters. The third-order valence-corrected chi connectivity index (χ3v) is 21.4. The zero-order chi connectivity index (χ0) is 63.1. The van der Waals surface area contributed by atoms with Crippen LogP contribution in [0.25, 0.3) is 0 Å². The van der Waals surface area contributed by atoms with Crippen molar-refractivity contribution in [3.05, 3.63) is 148 Å². The average molecular weight is 1570 g/mol. The van der Waals surface area contributed by atoms with E-state index in [4.69, 9.17) is 0 Å². The van der Waals surface area contributed by atoms with Gasteiger partial charge in [0.1, 0.15) is 5.78 Å². The summed E-state index contributed by atoms with van der Waals surface area (Å²) in [4.78, 5) is 59.3. The van der Waals surface area contributed by atoms with Gasteiger partial charge in [0.05, 0.1) is 18.1 Å². The molecule has 588 valence electrons. The summed E-state index contributed by atoms with van der Waals surface area (Å²) in [5, 5.41) is 12.8. The van der Waals surface area contributed by atoms with Gasteiger partial charge in [0.2, 0.25) is 0 Å². The molecule has 0 bridgehead atoms. The number of H-pyrrole nitrogens is 4. The summed E-state index contributed by atoms with van der Waals surface area (Å²) in [5.74, 6) is 3.36. The summed E-state index contributed by atoms with van der Waals surface area (Å²) < 4.78 is 7.19. The molecule has 0 amide bonds. The third-order valence-electron chi connectivity index (χ3n) is 21.4. The number of aryl methyl sites for hydroxylation is 4. The van der Waals surface area contributed by atoms with E-state index in [1.165, 1.54) is 255 Å². The Hall–Kier alpha value is -2.21. The molecule has 13 rings (SSSR count).